The van der Waals surface area contributed by atoms with Gasteiger partial charge in [-0.05, 0) is 68.1 Å². The molecule has 0 unspecified atom stereocenters. The average molecular weight is 329 g/mol. The minimum Gasteiger partial charge on any atom is -0.393 e. The zero-order chi connectivity index (χ0) is 16.9. The summed E-state index contributed by atoms with van der Waals surface area (Å²) in [5.74, 6) is 1.29. The number of nitrogens with zero attached hydrogens (tertiary/aromatic N) is 1. The summed E-state index contributed by atoms with van der Waals surface area (Å²) in [6.45, 7) is 4.59. The normalized spacial score (nSPS) is 61.2. The number of ether oxygens (including phenoxy) is 1. The van der Waals surface area contributed by atoms with E-state index in [1.807, 2.05) is 0 Å². The second-order valence-electron chi connectivity index (χ2n) is 9.65. The lowest BCUT2D eigenvalue weighted by atomic mass is 9.44. The van der Waals surface area contributed by atoms with Crippen molar-refractivity contribution in [2.75, 3.05) is 0 Å². The molecule has 0 aromatic rings. The Morgan fingerprint density at radius 3 is 2.71 bits per heavy atom. The van der Waals surface area contributed by atoms with Gasteiger partial charge in [-0.2, -0.15) is 5.26 Å². The Balaban J connectivity index is 1.53. The molecule has 4 heteroatoms. The molecule has 0 amide bonds. The summed E-state index contributed by atoms with van der Waals surface area (Å²) in [6.07, 6.45) is 6.53. The van der Waals surface area contributed by atoms with E-state index in [2.05, 4.69) is 19.9 Å². The molecule has 4 aliphatic carbocycles. The third-order valence-electron chi connectivity index (χ3n) is 9.10. The van der Waals surface area contributed by atoms with Crippen molar-refractivity contribution in [1.29, 1.82) is 5.26 Å². The van der Waals surface area contributed by atoms with Gasteiger partial charge in [0.15, 0.2) is 5.78 Å². The van der Waals surface area contributed by atoms with Crippen LogP contribution in [-0.4, -0.2) is 28.7 Å². The lowest BCUT2D eigenvalue weighted by Gasteiger charge is -2.59. The number of fused-ring (bicyclic) bond motifs is 4. The summed E-state index contributed by atoms with van der Waals surface area (Å²) in [4.78, 5) is 12.4. The number of carbonyl (C=O) groups is 1. The Kier molecular flexibility index (Phi) is 2.83. The zero-order valence-corrected chi connectivity index (χ0v) is 14.6. The van der Waals surface area contributed by atoms with Gasteiger partial charge in [0, 0.05) is 5.41 Å². The maximum absolute atomic E-state index is 12.4. The SMILES string of the molecule is C[C@]12CC[C@H]3[C@@H](CC[C@@]45O[C@H]4C(=O)[C@H](C#N)C[C@]35C)[C@@H]1CC[C@@H]2O. The second-order valence-corrected chi connectivity index (χ2v) is 9.65. The van der Waals surface area contributed by atoms with E-state index in [4.69, 9.17) is 4.74 Å². The maximum Gasteiger partial charge on any atom is 0.181 e. The Hall–Kier alpha value is -0.920. The summed E-state index contributed by atoms with van der Waals surface area (Å²) in [6, 6.07) is 2.25. The van der Waals surface area contributed by atoms with E-state index in [1.54, 1.807) is 0 Å². The van der Waals surface area contributed by atoms with Crippen molar-refractivity contribution >= 4 is 5.78 Å². The molecule has 1 N–H and O–H groups in total. The highest BCUT2D eigenvalue weighted by atomic mass is 16.6. The predicted molar refractivity (Wildman–Crippen MR) is 86.7 cm³/mol. The lowest BCUT2D eigenvalue weighted by Crippen LogP contribution is -2.59. The molecule has 4 nitrogen and oxygen atoms in total. The van der Waals surface area contributed by atoms with Crippen LogP contribution in [0.15, 0.2) is 0 Å². The van der Waals surface area contributed by atoms with Crippen molar-refractivity contribution in [2.45, 2.75) is 76.6 Å². The molecule has 0 bridgehead atoms. The van der Waals surface area contributed by atoms with Crippen LogP contribution in [0.25, 0.3) is 0 Å². The molecule has 1 spiro atoms. The van der Waals surface area contributed by atoms with Gasteiger partial charge in [0.25, 0.3) is 0 Å². The van der Waals surface area contributed by atoms with E-state index >= 15 is 0 Å². The van der Waals surface area contributed by atoms with Crippen LogP contribution in [-0.2, 0) is 9.53 Å². The number of Topliss-reactive ketones (excluding diaryl/α,β-unsaturated/α-hetero) is 1. The monoisotopic (exact) mass is 329 g/mol. The highest BCUT2D eigenvalue weighted by Gasteiger charge is 2.78. The highest BCUT2D eigenvalue weighted by molar-refractivity contribution is 5.92. The van der Waals surface area contributed by atoms with Gasteiger partial charge < -0.3 is 9.84 Å². The van der Waals surface area contributed by atoms with E-state index in [0.717, 1.165) is 38.5 Å². The Bertz CT molecular complexity index is 656. The number of rotatable bonds is 0. The van der Waals surface area contributed by atoms with E-state index in [-0.39, 0.29) is 34.4 Å². The Labute approximate surface area is 143 Å². The molecule has 1 aliphatic heterocycles. The quantitative estimate of drug-likeness (QED) is 0.694. The fraction of sp³-hybridized carbons (Fsp3) is 0.900. The number of hydrogen-bond acceptors (Lipinski definition) is 4. The number of carbonyl (C=O) groups excluding carboxylic acids is 1. The number of nitriles is 1. The molecule has 5 aliphatic rings. The topological polar surface area (TPSA) is 73.6 Å². The minimum absolute atomic E-state index is 0.0327. The van der Waals surface area contributed by atoms with Gasteiger partial charge >= 0.3 is 0 Å². The Morgan fingerprint density at radius 2 is 1.96 bits per heavy atom. The van der Waals surface area contributed by atoms with Crippen LogP contribution in [0.4, 0.5) is 0 Å². The van der Waals surface area contributed by atoms with E-state index in [0.29, 0.717) is 24.2 Å². The van der Waals surface area contributed by atoms with Crippen LogP contribution >= 0.6 is 0 Å². The molecule has 4 saturated carbocycles. The maximum atomic E-state index is 12.4. The minimum atomic E-state index is -0.489. The van der Waals surface area contributed by atoms with Crippen molar-refractivity contribution in [3.63, 3.8) is 0 Å². The summed E-state index contributed by atoms with van der Waals surface area (Å²) >= 11 is 0. The predicted octanol–water partition coefficient (Wildman–Crippen LogP) is 2.84. The summed E-state index contributed by atoms with van der Waals surface area (Å²) in [7, 11) is 0. The highest BCUT2D eigenvalue weighted by Crippen LogP contribution is 2.72. The summed E-state index contributed by atoms with van der Waals surface area (Å²) < 4.78 is 6.07. The third-order valence-corrected chi connectivity index (χ3v) is 9.10. The van der Waals surface area contributed by atoms with Gasteiger partial charge in [0.05, 0.1) is 12.2 Å². The molecule has 9 atom stereocenters. The van der Waals surface area contributed by atoms with Gasteiger partial charge in [-0.25, -0.2) is 0 Å². The number of aliphatic hydroxyl groups excluding tert-OH is 1. The second kappa shape index (κ2) is 4.43. The first-order valence-corrected chi connectivity index (χ1v) is 9.67. The van der Waals surface area contributed by atoms with Crippen molar-refractivity contribution in [1.82, 2.24) is 0 Å². The van der Waals surface area contributed by atoms with Crippen molar-refractivity contribution in [3.8, 4) is 6.07 Å². The number of ketones is 1. The lowest BCUT2D eigenvalue weighted by molar-refractivity contribution is -0.138. The molecule has 5 rings (SSSR count). The van der Waals surface area contributed by atoms with Gasteiger partial charge in [-0.3, -0.25) is 4.79 Å². The largest absolute Gasteiger partial charge is 0.393 e. The van der Waals surface area contributed by atoms with Crippen LogP contribution in [0.3, 0.4) is 0 Å². The standard InChI is InChI=1S/C20H27NO3/c1-18-7-6-14-12(13(18)3-4-15(18)22)5-8-20-17(24-20)16(23)11(10-21)9-19(14,20)2/h11-15,17,22H,3-9H2,1-2H3/t11-,12-,13-,14-,15-,17-,18-,19+,20+/m0/s1. The van der Waals surface area contributed by atoms with Crippen LogP contribution < -0.4 is 0 Å². The first-order valence-electron chi connectivity index (χ1n) is 9.67. The molecule has 5 fully saturated rings. The molecular weight excluding hydrogens is 302 g/mol. The fourth-order valence-electron chi connectivity index (χ4n) is 7.66. The van der Waals surface area contributed by atoms with Crippen LogP contribution in [0, 0.1) is 45.8 Å². The first kappa shape index (κ1) is 15.3. The van der Waals surface area contributed by atoms with Crippen molar-refractivity contribution in [2.24, 2.45) is 34.5 Å². The Morgan fingerprint density at radius 1 is 1.17 bits per heavy atom. The molecule has 130 valence electrons. The molecule has 1 saturated heterocycles. The number of aliphatic hydroxyl groups is 1. The smallest absolute Gasteiger partial charge is 0.181 e. The number of hydrogen-bond donors (Lipinski definition) is 1. The zero-order valence-electron chi connectivity index (χ0n) is 14.6. The number of epoxide rings is 1. The molecule has 0 aromatic heterocycles. The van der Waals surface area contributed by atoms with Crippen LogP contribution in [0.2, 0.25) is 0 Å². The van der Waals surface area contributed by atoms with Gasteiger partial charge in [-0.15, -0.1) is 0 Å². The first-order chi connectivity index (χ1) is 11.4. The molecule has 24 heavy (non-hydrogen) atoms. The molecule has 0 aromatic carbocycles. The van der Waals surface area contributed by atoms with Gasteiger partial charge in [-0.1, -0.05) is 13.8 Å². The molecular formula is C20H27NO3. The van der Waals surface area contributed by atoms with E-state index in [1.165, 1.54) is 0 Å². The average Bonchev–Trinajstić information content (AvgIpc) is 3.23. The van der Waals surface area contributed by atoms with Crippen molar-refractivity contribution < 1.29 is 14.6 Å². The van der Waals surface area contributed by atoms with Crippen LogP contribution in [0.1, 0.15) is 58.8 Å². The van der Waals surface area contributed by atoms with E-state index in [9.17, 15) is 15.2 Å². The summed E-state index contributed by atoms with van der Waals surface area (Å²) in [5, 5.41) is 20.0. The van der Waals surface area contributed by atoms with Gasteiger partial charge in [0.1, 0.15) is 17.6 Å². The fourth-order valence-corrected chi connectivity index (χ4v) is 7.66. The van der Waals surface area contributed by atoms with Crippen molar-refractivity contribution in [3.05, 3.63) is 0 Å². The van der Waals surface area contributed by atoms with Crippen LogP contribution in [0.5, 0.6) is 0 Å². The molecule has 1 heterocycles. The third kappa shape index (κ3) is 1.51. The van der Waals surface area contributed by atoms with E-state index < -0.39 is 5.92 Å². The summed E-state index contributed by atoms with van der Waals surface area (Å²) in [5.41, 5.74) is -0.252. The molecule has 0 radical (unpaired) electrons. The van der Waals surface area contributed by atoms with Gasteiger partial charge in [0.2, 0.25) is 0 Å².